The normalized spacial score (nSPS) is 16.1. The molecule has 1 aromatic carbocycles. The average molecular weight is 389 g/mol. The Bertz CT molecular complexity index is 870. The summed E-state index contributed by atoms with van der Waals surface area (Å²) in [6.45, 7) is 7.06. The van der Waals surface area contributed by atoms with Crippen LogP contribution in [0, 0.1) is 0 Å². The third kappa shape index (κ3) is 4.52. The van der Waals surface area contributed by atoms with Crippen LogP contribution in [0.15, 0.2) is 33.2 Å². The summed E-state index contributed by atoms with van der Waals surface area (Å²) in [6.07, 6.45) is 0.767. The second-order valence-corrected chi connectivity index (χ2v) is 6.95. The third-order valence-corrected chi connectivity index (χ3v) is 4.82. The molecule has 0 radical (unpaired) electrons. The highest BCUT2D eigenvalue weighted by atomic mass is 35.5. The van der Waals surface area contributed by atoms with Gasteiger partial charge in [0.1, 0.15) is 0 Å². The van der Waals surface area contributed by atoms with Crippen molar-refractivity contribution in [3.63, 3.8) is 0 Å². The molecule has 1 saturated heterocycles. The Morgan fingerprint density at radius 2 is 1.56 bits per heavy atom. The zero-order valence-electron chi connectivity index (χ0n) is 15.1. The molecule has 27 heavy (non-hydrogen) atoms. The first-order valence-electron chi connectivity index (χ1n) is 9.04. The Morgan fingerprint density at radius 1 is 0.926 bits per heavy atom. The molecule has 0 saturated carbocycles. The van der Waals surface area contributed by atoms with Gasteiger partial charge in [-0.25, -0.2) is 0 Å². The van der Waals surface area contributed by atoms with Gasteiger partial charge in [0.05, 0.1) is 13.1 Å². The number of hydrogen-bond donors (Lipinski definition) is 0. The average Bonchev–Trinajstić information content (AvgIpc) is 3.33. The number of nitrogens with zero attached hydrogens (tertiary/aromatic N) is 6. The fourth-order valence-electron chi connectivity index (χ4n) is 3.02. The Balaban J connectivity index is 1.28. The van der Waals surface area contributed by atoms with Crippen molar-refractivity contribution < 1.29 is 8.94 Å². The quantitative estimate of drug-likeness (QED) is 0.637. The van der Waals surface area contributed by atoms with E-state index < -0.39 is 0 Å². The summed E-state index contributed by atoms with van der Waals surface area (Å²) in [5.41, 5.74) is 0.894. The fourth-order valence-corrected chi connectivity index (χ4v) is 3.14. The molecule has 142 valence electrons. The second-order valence-electron chi connectivity index (χ2n) is 6.51. The topological polar surface area (TPSA) is 84.3 Å². The van der Waals surface area contributed by atoms with E-state index in [1.807, 2.05) is 31.2 Å². The van der Waals surface area contributed by atoms with Crippen LogP contribution in [-0.4, -0.2) is 56.3 Å². The maximum atomic E-state index is 5.92. The zero-order chi connectivity index (χ0) is 18.6. The molecule has 4 rings (SSSR count). The Morgan fingerprint density at radius 3 is 2.19 bits per heavy atom. The molecule has 2 aromatic heterocycles. The lowest BCUT2D eigenvalue weighted by Crippen LogP contribution is -2.45. The highest BCUT2D eigenvalue weighted by molar-refractivity contribution is 6.30. The lowest BCUT2D eigenvalue weighted by Gasteiger charge is -2.32. The summed E-state index contributed by atoms with van der Waals surface area (Å²) in [4.78, 5) is 9.12. The van der Waals surface area contributed by atoms with E-state index in [1.165, 1.54) is 0 Å². The monoisotopic (exact) mass is 388 g/mol. The number of aromatic nitrogens is 4. The molecule has 0 spiro atoms. The van der Waals surface area contributed by atoms with Crippen LogP contribution in [-0.2, 0) is 19.5 Å². The van der Waals surface area contributed by atoms with Crippen molar-refractivity contribution in [2.75, 3.05) is 26.2 Å². The Hall–Kier alpha value is -2.29. The Kier molecular flexibility index (Phi) is 5.47. The molecule has 9 heteroatoms. The third-order valence-electron chi connectivity index (χ3n) is 4.56. The van der Waals surface area contributed by atoms with E-state index in [2.05, 4.69) is 30.1 Å². The van der Waals surface area contributed by atoms with E-state index in [1.54, 1.807) is 0 Å². The van der Waals surface area contributed by atoms with Gasteiger partial charge in [-0.2, -0.15) is 4.98 Å². The van der Waals surface area contributed by atoms with Crippen molar-refractivity contribution in [1.82, 2.24) is 30.1 Å². The van der Waals surface area contributed by atoms with Gasteiger partial charge in [-0.15, -0.1) is 10.2 Å². The van der Waals surface area contributed by atoms with Gasteiger partial charge in [0.15, 0.2) is 0 Å². The minimum Gasteiger partial charge on any atom is -0.424 e. The maximum Gasteiger partial charge on any atom is 0.241 e. The summed E-state index contributed by atoms with van der Waals surface area (Å²) in [5.74, 6) is 2.59. The highest BCUT2D eigenvalue weighted by Gasteiger charge is 2.21. The summed E-state index contributed by atoms with van der Waals surface area (Å²) < 4.78 is 11.0. The lowest BCUT2D eigenvalue weighted by molar-refractivity contribution is 0.105. The van der Waals surface area contributed by atoms with Gasteiger partial charge in [0.25, 0.3) is 0 Å². The molecule has 0 atom stereocenters. The van der Waals surface area contributed by atoms with Crippen molar-refractivity contribution in [3.8, 4) is 11.4 Å². The minimum atomic E-state index is 0.587. The molecular weight excluding hydrogens is 368 g/mol. The summed E-state index contributed by atoms with van der Waals surface area (Å²) in [5, 5.41) is 12.9. The van der Waals surface area contributed by atoms with Crippen molar-refractivity contribution in [2.45, 2.75) is 26.4 Å². The minimum absolute atomic E-state index is 0.587. The van der Waals surface area contributed by atoms with Crippen LogP contribution in [0.2, 0.25) is 5.02 Å². The summed E-state index contributed by atoms with van der Waals surface area (Å²) in [6, 6.07) is 7.41. The number of benzene rings is 1. The van der Waals surface area contributed by atoms with Crippen LogP contribution in [0.3, 0.4) is 0 Å². The summed E-state index contributed by atoms with van der Waals surface area (Å²) in [7, 11) is 0. The van der Waals surface area contributed by atoms with Gasteiger partial charge < -0.3 is 8.94 Å². The van der Waals surface area contributed by atoms with E-state index in [4.69, 9.17) is 20.5 Å². The molecule has 0 unspecified atom stereocenters. The number of aryl methyl sites for hydroxylation is 1. The van der Waals surface area contributed by atoms with E-state index in [9.17, 15) is 0 Å². The molecule has 0 bridgehead atoms. The molecule has 3 heterocycles. The Labute approximate surface area is 162 Å². The molecule has 0 N–H and O–H groups in total. The number of rotatable bonds is 6. The predicted molar refractivity (Wildman–Crippen MR) is 99.0 cm³/mol. The molecular formula is C18H21ClN6O2. The van der Waals surface area contributed by atoms with Gasteiger partial charge in [0.2, 0.25) is 23.5 Å². The molecule has 1 aliphatic rings. The van der Waals surface area contributed by atoms with E-state index in [0.29, 0.717) is 41.6 Å². The number of halogens is 1. The largest absolute Gasteiger partial charge is 0.424 e. The van der Waals surface area contributed by atoms with Gasteiger partial charge in [-0.05, 0) is 24.3 Å². The van der Waals surface area contributed by atoms with Crippen LogP contribution in [0.25, 0.3) is 11.4 Å². The molecule has 1 fully saturated rings. The van der Waals surface area contributed by atoms with Crippen molar-refractivity contribution in [2.24, 2.45) is 0 Å². The van der Waals surface area contributed by atoms with E-state index in [0.717, 1.165) is 38.2 Å². The van der Waals surface area contributed by atoms with E-state index in [-0.39, 0.29) is 0 Å². The molecule has 3 aromatic rings. The maximum absolute atomic E-state index is 5.92. The number of piperazine rings is 1. The van der Waals surface area contributed by atoms with E-state index >= 15 is 0 Å². The van der Waals surface area contributed by atoms with Gasteiger partial charge in [-0.1, -0.05) is 23.7 Å². The SMILES string of the molecule is CCc1nnc(CN2CCN(Cc3nc(-c4ccc(Cl)cc4)no3)CC2)o1. The predicted octanol–water partition coefficient (Wildman–Crippen LogP) is 2.65. The van der Waals surface area contributed by atoms with Gasteiger partial charge >= 0.3 is 0 Å². The summed E-state index contributed by atoms with van der Waals surface area (Å²) >= 11 is 5.92. The first-order valence-corrected chi connectivity index (χ1v) is 9.42. The number of hydrogen-bond acceptors (Lipinski definition) is 8. The smallest absolute Gasteiger partial charge is 0.241 e. The fraction of sp³-hybridized carbons (Fsp3) is 0.444. The van der Waals surface area contributed by atoms with Crippen LogP contribution < -0.4 is 0 Å². The second kappa shape index (κ2) is 8.16. The van der Waals surface area contributed by atoms with Crippen LogP contribution >= 0.6 is 11.6 Å². The zero-order valence-corrected chi connectivity index (χ0v) is 15.9. The van der Waals surface area contributed by atoms with Crippen molar-refractivity contribution >= 4 is 11.6 Å². The lowest BCUT2D eigenvalue weighted by atomic mass is 10.2. The first-order chi connectivity index (χ1) is 13.2. The molecule has 1 aliphatic heterocycles. The van der Waals surface area contributed by atoms with Gasteiger partial charge in [0, 0.05) is 43.2 Å². The van der Waals surface area contributed by atoms with Gasteiger partial charge in [-0.3, -0.25) is 9.80 Å². The first kappa shape index (κ1) is 18.1. The molecule has 0 amide bonds. The van der Waals surface area contributed by atoms with Crippen LogP contribution in [0.1, 0.15) is 24.6 Å². The van der Waals surface area contributed by atoms with Crippen molar-refractivity contribution in [1.29, 1.82) is 0 Å². The van der Waals surface area contributed by atoms with Crippen LogP contribution in [0.4, 0.5) is 0 Å². The van der Waals surface area contributed by atoms with Crippen LogP contribution in [0.5, 0.6) is 0 Å². The standard InChI is InChI=1S/C18H21ClN6O2/c1-2-15-21-22-17(26-15)12-25-9-7-24(8-10-25)11-16-20-18(23-27-16)13-3-5-14(19)6-4-13/h3-6H,2,7-12H2,1H3. The highest BCUT2D eigenvalue weighted by Crippen LogP contribution is 2.19. The molecule has 8 nitrogen and oxygen atoms in total. The van der Waals surface area contributed by atoms with Crippen molar-refractivity contribution in [3.05, 3.63) is 47.0 Å². The molecule has 0 aliphatic carbocycles.